The molecule has 1 fully saturated rings. The van der Waals surface area contributed by atoms with E-state index in [9.17, 15) is 9.59 Å². The van der Waals surface area contributed by atoms with E-state index in [1.807, 2.05) is 24.3 Å². The average Bonchev–Trinajstić information content (AvgIpc) is 2.63. The van der Waals surface area contributed by atoms with Crippen molar-refractivity contribution in [2.24, 2.45) is 0 Å². The van der Waals surface area contributed by atoms with Gasteiger partial charge in [0.25, 0.3) is 5.91 Å². The molecule has 3 aromatic rings. The summed E-state index contributed by atoms with van der Waals surface area (Å²) >= 11 is 0. The number of hydrogen-bond donors (Lipinski definition) is 1. The Labute approximate surface area is 148 Å². The maximum Gasteiger partial charge on any atom is 0.255 e. The zero-order valence-corrected chi connectivity index (χ0v) is 13.7. The topological polar surface area (TPSA) is 99.1 Å². The number of hydrogen-bond acceptors (Lipinski definition) is 5. The van der Waals surface area contributed by atoms with Gasteiger partial charge in [-0.2, -0.15) is 5.26 Å². The first-order chi connectivity index (χ1) is 12.6. The fraction of sp³-hybridized carbons (Fsp3) is 0.158. The number of aromatic amines is 1. The molecule has 1 aromatic carbocycles. The number of para-hydroxylation sites is 1. The normalized spacial score (nSPS) is 13.9. The van der Waals surface area contributed by atoms with E-state index < -0.39 is 0 Å². The van der Waals surface area contributed by atoms with E-state index in [0.717, 1.165) is 0 Å². The lowest BCUT2D eigenvalue weighted by Crippen LogP contribution is -2.56. The van der Waals surface area contributed by atoms with Crippen LogP contribution in [-0.4, -0.2) is 40.0 Å². The highest BCUT2D eigenvalue weighted by Crippen LogP contribution is 2.22. The first-order valence-corrected chi connectivity index (χ1v) is 8.08. The number of rotatable bonds is 3. The van der Waals surface area contributed by atoms with E-state index in [2.05, 4.69) is 9.97 Å². The Kier molecular flexibility index (Phi) is 3.86. The number of carbonyl (C=O) groups is 1. The molecule has 3 heterocycles. The summed E-state index contributed by atoms with van der Waals surface area (Å²) in [7, 11) is 0. The molecule has 7 heteroatoms. The van der Waals surface area contributed by atoms with Gasteiger partial charge in [0, 0.05) is 29.2 Å². The number of H-pyrrole nitrogens is 1. The highest BCUT2D eigenvalue weighted by atomic mass is 16.5. The highest BCUT2D eigenvalue weighted by molar-refractivity contribution is 6.06. The van der Waals surface area contributed by atoms with Crippen LogP contribution in [-0.2, 0) is 0 Å². The molecule has 1 aliphatic heterocycles. The summed E-state index contributed by atoms with van der Waals surface area (Å²) in [6, 6.07) is 13.7. The van der Waals surface area contributed by atoms with Crippen molar-refractivity contribution in [1.29, 1.82) is 5.26 Å². The van der Waals surface area contributed by atoms with Crippen LogP contribution >= 0.6 is 0 Å². The Bertz CT molecular complexity index is 1090. The van der Waals surface area contributed by atoms with Gasteiger partial charge in [-0.05, 0) is 12.1 Å². The number of fused-ring (bicyclic) bond motifs is 1. The molecule has 26 heavy (non-hydrogen) atoms. The maximum atomic E-state index is 12.8. The predicted molar refractivity (Wildman–Crippen MR) is 93.8 cm³/mol. The summed E-state index contributed by atoms with van der Waals surface area (Å²) in [6.45, 7) is 0.802. The molecule has 0 spiro atoms. The second-order valence-electron chi connectivity index (χ2n) is 6.04. The molecule has 4 rings (SSSR count). The minimum absolute atomic E-state index is 0.186. The van der Waals surface area contributed by atoms with Gasteiger partial charge in [0.1, 0.15) is 6.10 Å². The number of nitriles is 1. The van der Waals surface area contributed by atoms with Crippen molar-refractivity contribution in [3.8, 4) is 11.9 Å². The number of likely N-dealkylation sites (tertiary alicyclic amines) is 1. The van der Waals surface area contributed by atoms with Gasteiger partial charge >= 0.3 is 0 Å². The summed E-state index contributed by atoms with van der Waals surface area (Å²) in [6.07, 6.45) is 1.33. The molecule has 128 valence electrons. The number of pyridine rings is 2. The van der Waals surface area contributed by atoms with Crippen molar-refractivity contribution < 1.29 is 9.53 Å². The highest BCUT2D eigenvalue weighted by Gasteiger charge is 2.34. The lowest BCUT2D eigenvalue weighted by molar-refractivity contribution is 0.0161. The second kappa shape index (κ2) is 6.33. The van der Waals surface area contributed by atoms with E-state index in [0.29, 0.717) is 41.0 Å². The van der Waals surface area contributed by atoms with Crippen LogP contribution in [0.25, 0.3) is 10.9 Å². The number of carbonyl (C=O) groups excluding carboxylic acids is 1. The Morgan fingerprint density at radius 3 is 2.88 bits per heavy atom. The Balaban J connectivity index is 1.49. The van der Waals surface area contributed by atoms with Gasteiger partial charge in [-0.1, -0.05) is 18.2 Å². The monoisotopic (exact) mass is 346 g/mol. The maximum absolute atomic E-state index is 12.8. The van der Waals surface area contributed by atoms with Crippen molar-refractivity contribution in [2.45, 2.75) is 6.10 Å². The first kappa shape index (κ1) is 15.8. The van der Waals surface area contributed by atoms with Crippen LogP contribution < -0.4 is 10.3 Å². The van der Waals surface area contributed by atoms with Gasteiger partial charge in [0.05, 0.1) is 30.3 Å². The molecule has 0 unspecified atom stereocenters. The molecule has 1 N–H and O–H groups in total. The van der Waals surface area contributed by atoms with E-state index >= 15 is 0 Å². The van der Waals surface area contributed by atoms with Crippen LogP contribution in [0.4, 0.5) is 0 Å². The summed E-state index contributed by atoms with van der Waals surface area (Å²) in [5.41, 5.74) is 1.18. The second-order valence-corrected chi connectivity index (χ2v) is 6.04. The molecule has 0 aliphatic carbocycles. The summed E-state index contributed by atoms with van der Waals surface area (Å²) in [5, 5.41) is 9.62. The third-order valence-corrected chi connectivity index (χ3v) is 4.27. The number of nitrogens with one attached hydrogen (secondary N) is 1. The number of benzene rings is 1. The lowest BCUT2D eigenvalue weighted by atomic mass is 10.0. The summed E-state index contributed by atoms with van der Waals surface area (Å²) < 4.78 is 5.70. The first-order valence-electron chi connectivity index (χ1n) is 8.08. The minimum Gasteiger partial charge on any atom is -0.471 e. The number of ether oxygens (including phenoxy) is 1. The van der Waals surface area contributed by atoms with Crippen LogP contribution in [0.5, 0.6) is 5.88 Å². The third kappa shape index (κ3) is 2.89. The molecule has 0 radical (unpaired) electrons. The number of aromatic nitrogens is 2. The zero-order chi connectivity index (χ0) is 18.1. The minimum atomic E-state index is -0.308. The Morgan fingerprint density at radius 1 is 1.27 bits per heavy atom. The van der Waals surface area contributed by atoms with Crippen molar-refractivity contribution in [3.63, 3.8) is 0 Å². The van der Waals surface area contributed by atoms with Gasteiger partial charge in [-0.3, -0.25) is 9.59 Å². The average molecular weight is 346 g/mol. The van der Waals surface area contributed by atoms with E-state index in [-0.39, 0.29) is 17.6 Å². The van der Waals surface area contributed by atoms with Crippen molar-refractivity contribution in [2.75, 3.05) is 13.1 Å². The molecule has 2 aromatic heterocycles. The lowest BCUT2D eigenvalue weighted by Gasteiger charge is -2.38. The van der Waals surface area contributed by atoms with E-state index in [1.54, 1.807) is 23.1 Å². The molecule has 0 bridgehead atoms. The van der Waals surface area contributed by atoms with Crippen LogP contribution in [0.2, 0.25) is 0 Å². The van der Waals surface area contributed by atoms with Crippen molar-refractivity contribution in [3.05, 3.63) is 70.1 Å². The molecular formula is C19H14N4O3. The Morgan fingerprint density at radius 2 is 2.08 bits per heavy atom. The number of amides is 1. The molecule has 0 saturated carbocycles. The van der Waals surface area contributed by atoms with Crippen LogP contribution in [0, 0.1) is 11.3 Å². The quantitative estimate of drug-likeness (QED) is 0.778. The molecule has 1 amide bonds. The van der Waals surface area contributed by atoms with E-state index in [1.165, 1.54) is 12.3 Å². The van der Waals surface area contributed by atoms with Gasteiger partial charge < -0.3 is 14.6 Å². The smallest absolute Gasteiger partial charge is 0.255 e. The molecule has 1 aliphatic rings. The summed E-state index contributed by atoms with van der Waals surface area (Å²) in [4.78, 5) is 33.0. The molecule has 7 nitrogen and oxygen atoms in total. The van der Waals surface area contributed by atoms with Crippen LogP contribution in [0.3, 0.4) is 0 Å². The standard InChI is InChI=1S/C19H14N4O3/c20-9-12-5-6-21-18(7-12)26-13-10-23(11-13)19(25)15-8-17(24)22-16-4-2-1-3-14(15)16/h1-8,13H,10-11H2,(H,22,24). The third-order valence-electron chi connectivity index (χ3n) is 4.27. The Hall–Kier alpha value is -3.66. The van der Waals surface area contributed by atoms with Gasteiger partial charge in [0.2, 0.25) is 11.4 Å². The predicted octanol–water partition coefficient (Wildman–Crippen LogP) is 1.70. The molecule has 1 saturated heterocycles. The molecule has 0 atom stereocenters. The largest absolute Gasteiger partial charge is 0.471 e. The van der Waals surface area contributed by atoms with Crippen molar-refractivity contribution >= 4 is 16.8 Å². The summed E-state index contributed by atoms with van der Waals surface area (Å²) in [5.74, 6) is 0.161. The van der Waals surface area contributed by atoms with Gasteiger partial charge in [0.15, 0.2) is 0 Å². The fourth-order valence-corrected chi connectivity index (χ4v) is 2.94. The van der Waals surface area contributed by atoms with Crippen LogP contribution in [0.1, 0.15) is 15.9 Å². The van der Waals surface area contributed by atoms with E-state index in [4.69, 9.17) is 10.00 Å². The fourth-order valence-electron chi connectivity index (χ4n) is 2.94. The molecular weight excluding hydrogens is 332 g/mol. The van der Waals surface area contributed by atoms with Gasteiger partial charge in [-0.15, -0.1) is 0 Å². The zero-order valence-electron chi connectivity index (χ0n) is 13.7. The van der Waals surface area contributed by atoms with Crippen LogP contribution in [0.15, 0.2) is 53.5 Å². The van der Waals surface area contributed by atoms with Crippen molar-refractivity contribution in [1.82, 2.24) is 14.9 Å². The SMILES string of the molecule is N#Cc1ccnc(OC2CN(C(=O)c3cc(=O)[nH]c4ccccc34)C2)c1. The number of nitrogens with zero attached hydrogens (tertiary/aromatic N) is 3. The van der Waals surface area contributed by atoms with Gasteiger partial charge in [-0.25, -0.2) is 4.98 Å².